The van der Waals surface area contributed by atoms with Crippen LogP contribution >= 0.6 is 0 Å². The van der Waals surface area contributed by atoms with Gasteiger partial charge in [-0.3, -0.25) is 4.98 Å². The maximum Gasteiger partial charge on any atom is 0.319 e. The third-order valence-electron chi connectivity index (χ3n) is 4.09. The Bertz CT molecular complexity index is 729. The maximum atomic E-state index is 12.1. The van der Waals surface area contributed by atoms with Crippen LogP contribution in [-0.4, -0.2) is 34.3 Å². The molecule has 3 heterocycles. The second kappa shape index (κ2) is 7.60. The molecule has 0 radical (unpaired) electrons. The van der Waals surface area contributed by atoms with Crippen molar-refractivity contribution in [2.24, 2.45) is 0 Å². The van der Waals surface area contributed by atoms with Crippen LogP contribution in [0.4, 0.5) is 10.5 Å². The summed E-state index contributed by atoms with van der Waals surface area (Å²) in [5.41, 5.74) is 3.45. The van der Waals surface area contributed by atoms with Gasteiger partial charge in [-0.15, -0.1) is 0 Å². The number of rotatable bonds is 5. The minimum atomic E-state index is -0.278. The monoisotopic (exact) mass is 345 g/mol. The van der Waals surface area contributed by atoms with Gasteiger partial charge in [-0.05, 0) is 45.2 Å². The molecule has 2 N–H and O–H groups in total. The topological polar surface area (TPSA) is 102 Å². The molecule has 25 heavy (non-hydrogen) atoms. The van der Waals surface area contributed by atoms with E-state index >= 15 is 0 Å². The normalized spacial score (nSPS) is 16.8. The molecule has 0 aliphatic carbocycles. The Morgan fingerprint density at radius 2 is 2.16 bits per heavy atom. The van der Waals surface area contributed by atoms with Gasteiger partial charge in [0.25, 0.3) is 5.89 Å². The molecule has 2 aromatic heterocycles. The van der Waals surface area contributed by atoms with Crippen LogP contribution in [0.1, 0.15) is 47.6 Å². The van der Waals surface area contributed by atoms with Crippen molar-refractivity contribution in [2.45, 2.75) is 46.1 Å². The summed E-state index contributed by atoms with van der Waals surface area (Å²) in [6.45, 7) is 6.90. The van der Waals surface area contributed by atoms with Crippen LogP contribution in [0.15, 0.2) is 10.6 Å². The molecule has 0 unspecified atom stereocenters. The van der Waals surface area contributed by atoms with E-state index in [2.05, 4.69) is 25.8 Å². The van der Waals surface area contributed by atoms with Gasteiger partial charge in [-0.1, -0.05) is 5.16 Å². The summed E-state index contributed by atoms with van der Waals surface area (Å²) in [6, 6.07) is 1.66. The number of ether oxygens (including phenoxy) is 1. The zero-order chi connectivity index (χ0) is 17.8. The van der Waals surface area contributed by atoms with Crippen molar-refractivity contribution in [3.05, 3.63) is 34.7 Å². The number of carbonyl (C=O) groups excluding carboxylic acids is 1. The number of carbonyl (C=O) groups is 1. The van der Waals surface area contributed by atoms with Crippen LogP contribution in [0.3, 0.4) is 0 Å². The first kappa shape index (κ1) is 17.3. The predicted octanol–water partition coefficient (Wildman–Crippen LogP) is 2.61. The summed E-state index contributed by atoms with van der Waals surface area (Å²) in [5, 5.41) is 9.57. The lowest BCUT2D eigenvalue weighted by atomic mass is 10.1. The Morgan fingerprint density at radius 1 is 1.32 bits per heavy atom. The van der Waals surface area contributed by atoms with E-state index in [0.717, 1.165) is 42.1 Å². The number of nitrogens with one attached hydrogen (secondary N) is 2. The highest BCUT2D eigenvalue weighted by atomic mass is 16.5. The molecule has 1 aliphatic heterocycles. The molecule has 8 heteroatoms. The Labute approximate surface area is 146 Å². The summed E-state index contributed by atoms with van der Waals surface area (Å²) in [4.78, 5) is 20.8. The van der Waals surface area contributed by atoms with E-state index in [9.17, 15) is 4.79 Å². The first-order valence-electron chi connectivity index (χ1n) is 8.46. The van der Waals surface area contributed by atoms with Crippen molar-refractivity contribution in [3.8, 4) is 0 Å². The highest BCUT2D eigenvalue weighted by Gasteiger charge is 2.23. The predicted molar refractivity (Wildman–Crippen MR) is 91.4 cm³/mol. The lowest BCUT2D eigenvalue weighted by Gasteiger charge is -2.12. The second-order valence-electron chi connectivity index (χ2n) is 6.22. The fraction of sp³-hybridized carbons (Fsp3) is 0.529. The number of anilines is 1. The largest absolute Gasteiger partial charge is 0.368 e. The van der Waals surface area contributed by atoms with Gasteiger partial charge in [0.15, 0.2) is 5.82 Å². The molecule has 1 saturated heterocycles. The molecule has 3 rings (SSSR count). The lowest BCUT2D eigenvalue weighted by Crippen LogP contribution is -2.31. The molecule has 134 valence electrons. The SMILES string of the molecule is Cc1cc(C)c(NC(=O)NCCc2noc([C@@H]3CCCO3)n2)c(C)n1. The Kier molecular flexibility index (Phi) is 5.28. The highest BCUT2D eigenvalue weighted by molar-refractivity contribution is 5.90. The van der Waals surface area contributed by atoms with Crippen molar-refractivity contribution in [1.82, 2.24) is 20.4 Å². The smallest absolute Gasteiger partial charge is 0.319 e. The number of urea groups is 1. The number of aryl methyl sites for hydroxylation is 3. The van der Waals surface area contributed by atoms with Gasteiger partial charge in [-0.2, -0.15) is 4.98 Å². The van der Waals surface area contributed by atoms with Gasteiger partial charge in [0, 0.05) is 25.3 Å². The van der Waals surface area contributed by atoms with Crippen LogP contribution in [0.25, 0.3) is 0 Å². The Morgan fingerprint density at radius 3 is 2.88 bits per heavy atom. The Hall–Kier alpha value is -2.48. The van der Waals surface area contributed by atoms with Gasteiger partial charge in [0.05, 0.1) is 11.4 Å². The van der Waals surface area contributed by atoms with Gasteiger partial charge in [0.1, 0.15) is 6.10 Å². The maximum absolute atomic E-state index is 12.1. The van der Waals surface area contributed by atoms with Gasteiger partial charge < -0.3 is 19.9 Å². The summed E-state index contributed by atoms with van der Waals surface area (Å²) >= 11 is 0. The second-order valence-corrected chi connectivity index (χ2v) is 6.22. The average molecular weight is 345 g/mol. The number of aromatic nitrogens is 3. The number of nitrogens with zero attached hydrogens (tertiary/aromatic N) is 3. The van der Waals surface area contributed by atoms with Crippen LogP contribution in [0, 0.1) is 20.8 Å². The summed E-state index contributed by atoms with van der Waals surface area (Å²) < 4.78 is 10.7. The van der Waals surface area contributed by atoms with Crippen LogP contribution < -0.4 is 10.6 Å². The van der Waals surface area contributed by atoms with E-state index in [0.29, 0.717) is 24.7 Å². The molecule has 2 amide bonds. The fourth-order valence-electron chi connectivity index (χ4n) is 2.93. The molecule has 0 saturated carbocycles. The van der Waals surface area contributed by atoms with Crippen molar-refractivity contribution in [2.75, 3.05) is 18.5 Å². The molecular weight excluding hydrogens is 322 g/mol. The quantitative estimate of drug-likeness (QED) is 0.863. The molecule has 8 nitrogen and oxygen atoms in total. The minimum Gasteiger partial charge on any atom is -0.368 e. The number of amides is 2. The van der Waals surface area contributed by atoms with Gasteiger partial charge >= 0.3 is 6.03 Å². The van der Waals surface area contributed by atoms with Gasteiger partial charge in [-0.25, -0.2) is 4.79 Å². The minimum absolute atomic E-state index is 0.0857. The van der Waals surface area contributed by atoms with Crippen molar-refractivity contribution >= 4 is 11.7 Å². The van der Waals surface area contributed by atoms with Crippen molar-refractivity contribution in [1.29, 1.82) is 0 Å². The molecule has 2 aromatic rings. The van der Waals surface area contributed by atoms with Crippen molar-refractivity contribution in [3.63, 3.8) is 0 Å². The number of pyridine rings is 1. The summed E-state index contributed by atoms with van der Waals surface area (Å²) in [7, 11) is 0. The van der Waals surface area contributed by atoms with Crippen LogP contribution in [0.5, 0.6) is 0 Å². The summed E-state index contributed by atoms with van der Waals surface area (Å²) in [5.74, 6) is 1.09. The molecular formula is C17H23N5O3. The molecule has 0 aromatic carbocycles. The zero-order valence-electron chi connectivity index (χ0n) is 14.8. The zero-order valence-corrected chi connectivity index (χ0v) is 14.8. The fourth-order valence-corrected chi connectivity index (χ4v) is 2.93. The molecule has 1 atom stereocenters. The van der Waals surface area contributed by atoms with E-state index < -0.39 is 0 Å². The lowest BCUT2D eigenvalue weighted by molar-refractivity contribution is 0.0835. The molecule has 1 aliphatic rings. The third kappa shape index (κ3) is 4.33. The number of hydrogen-bond acceptors (Lipinski definition) is 6. The highest BCUT2D eigenvalue weighted by Crippen LogP contribution is 2.26. The third-order valence-corrected chi connectivity index (χ3v) is 4.09. The van der Waals surface area contributed by atoms with Gasteiger partial charge in [0.2, 0.25) is 0 Å². The first-order chi connectivity index (χ1) is 12.0. The van der Waals surface area contributed by atoms with Crippen LogP contribution in [-0.2, 0) is 11.2 Å². The Balaban J connectivity index is 1.48. The number of hydrogen-bond donors (Lipinski definition) is 2. The molecule has 0 spiro atoms. The van der Waals surface area contributed by atoms with E-state index in [1.807, 2.05) is 26.8 Å². The standard InChI is InChI=1S/C17H23N5O3/c1-10-9-11(2)19-12(3)15(10)21-17(23)18-7-6-14-20-16(25-22-14)13-5-4-8-24-13/h9,13H,4-8H2,1-3H3,(H2,18,21,23)/t13-/m0/s1. The summed E-state index contributed by atoms with van der Waals surface area (Å²) in [6.07, 6.45) is 2.33. The van der Waals surface area contributed by atoms with Crippen molar-refractivity contribution < 1.29 is 14.1 Å². The van der Waals surface area contributed by atoms with E-state index in [1.54, 1.807) is 0 Å². The molecule has 1 fully saturated rings. The van der Waals surface area contributed by atoms with Crippen LogP contribution in [0.2, 0.25) is 0 Å². The first-order valence-corrected chi connectivity index (χ1v) is 8.46. The average Bonchev–Trinajstić information content (AvgIpc) is 3.22. The molecule has 0 bridgehead atoms. The van der Waals surface area contributed by atoms with E-state index in [4.69, 9.17) is 9.26 Å². The van der Waals surface area contributed by atoms with E-state index in [-0.39, 0.29) is 12.1 Å². The van der Waals surface area contributed by atoms with E-state index in [1.165, 1.54) is 0 Å².